The zero-order valence-electron chi connectivity index (χ0n) is 11.8. The summed E-state index contributed by atoms with van der Waals surface area (Å²) < 4.78 is 40.6. The Bertz CT molecular complexity index is 632. The summed E-state index contributed by atoms with van der Waals surface area (Å²) in [7, 11) is -3.60. The summed E-state index contributed by atoms with van der Waals surface area (Å²) in [6.45, 7) is 0.0464. The SMILES string of the molecule is O=S(=O)(c1ccc(F)c(CO)c1)N1CCC2CCCCC21. The third-order valence-electron chi connectivity index (χ3n) is 4.75. The molecule has 2 atom stereocenters. The van der Waals surface area contributed by atoms with Crippen LogP contribution >= 0.6 is 0 Å². The number of hydrogen-bond donors (Lipinski definition) is 1. The summed E-state index contributed by atoms with van der Waals surface area (Å²) in [5.41, 5.74) is 0.0236. The highest BCUT2D eigenvalue weighted by Crippen LogP contribution is 2.39. The molecule has 2 aliphatic rings. The lowest BCUT2D eigenvalue weighted by Crippen LogP contribution is -2.39. The van der Waals surface area contributed by atoms with Crippen LogP contribution in [-0.2, 0) is 16.6 Å². The fraction of sp³-hybridized carbons (Fsp3) is 0.600. The number of aliphatic hydroxyl groups excluding tert-OH is 1. The van der Waals surface area contributed by atoms with Crippen LogP contribution in [0.4, 0.5) is 4.39 Å². The maximum absolute atomic E-state index is 13.4. The second kappa shape index (κ2) is 5.66. The van der Waals surface area contributed by atoms with Crippen molar-refractivity contribution >= 4 is 10.0 Å². The lowest BCUT2D eigenvalue weighted by molar-refractivity contribution is 0.260. The van der Waals surface area contributed by atoms with E-state index in [2.05, 4.69) is 0 Å². The zero-order chi connectivity index (χ0) is 15.0. The average molecular weight is 313 g/mol. The highest BCUT2D eigenvalue weighted by Gasteiger charge is 2.42. The molecule has 1 aliphatic heterocycles. The van der Waals surface area contributed by atoms with Gasteiger partial charge in [-0.15, -0.1) is 0 Å². The van der Waals surface area contributed by atoms with Crippen LogP contribution in [0, 0.1) is 11.7 Å². The number of sulfonamides is 1. The van der Waals surface area contributed by atoms with E-state index in [1.165, 1.54) is 18.6 Å². The van der Waals surface area contributed by atoms with E-state index in [0.29, 0.717) is 12.5 Å². The third kappa shape index (κ3) is 2.60. The second-order valence-corrected chi connectivity index (χ2v) is 7.82. The van der Waals surface area contributed by atoms with Crippen LogP contribution in [0.25, 0.3) is 0 Å². The number of aliphatic hydroxyl groups is 1. The molecule has 1 aliphatic carbocycles. The van der Waals surface area contributed by atoms with E-state index in [1.54, 1.807) is 4.31 Å². The van der Waals surface area contributed by atoms with Crippen molar-refractivity contribution in [3.63, 3.8) is 0 Å². The van der Waals surface area contributed by atoms with E-state index in [0.717, 1.165) is 31.7 Å². The summed E-state index contributed by atoms with van der Waals surface area (Å²) in [6, 6.07) is 3.75. The molecule has 1 heterocycles. The molecule has 2 unspecified atom stereocenters. The smallest absolute Gasteiger partial charge is 0.243 e. The topological polar surface area (TPSA) is 57.6 Å². The molecule has 1 saturated carbocycles. The van der Waals surface area contributed by atoms with Crippen molar-refractivity contribution in [2.75, 3.05) is 6.54 Å². The number of fused-ring (bicyclic) bond motifs is 1. The van der Waals surface area contributed by atoms with Gasteiger partial charge in [-0.05, 0) is 43.4 Å². The Morgan fingerprint density at radius 2 is 2.00 bits per heavy atom. The molecule has 6 heteroatoms. The van der Waals surface area contributed by atoms with Gasteiger partial charge in [-0.2, -0.15) is 4.31 Å². The molecule has 2 fully saturated rings. The predicted molar refractivity (Wildman–Crippen MR) is 76.6 cm³/mol. The zero-order valence-corrected chi connectivity index (χ0v) is 12.7. The van der Waals surface area contributed by atoms with Gasteiger partial charge >= 0.3 is 0 Å². The van der Waals surface area contributed by atoms with Crippen LogP contribution in [0.2, 0.25) is 0 Å². The van der Waals surface area contributed by atoms with Gasteiger partial charge in [0.2, 0.25) is 10.0 Å². The number of halogens is 1. The Hall–Kier alpha value is -0.980. The molecule has 3 rings (SSSR count). The fourth-order valence-corrected chi connectivity index (χ4v) is 5.41. The molecule has 0 aromatic heterocycles. The van der Waals surface area contributed by atoms with Gasteiger partial charge in [-0.25, -0.2) is 12.8 Å². The van der Waals surface area contributed by atoms with Crippen molar-refractivity contribution in [1.82, 2.24) is 4.31 Å². The van der Waals surface area contributed by atoms with Crippen LogP contribution in [0.15, 0.2) is 23.1 Å². The molecule has 0 amide bonds. The van der Waals surface area contributed by atoms with E-state index >= 15 is 0 Å². The summed E-state index contributed by atoms with van der Waals surface area (Å²) in [4.78, 5) is 0.0826. The van der Waals surface area contributed by atoms with Crippen LogP contribution in [0.1, 0.15) is 37.7 Å². The van der Waals surface area contributed by atoms with E-state index in [9.17, 15) is 12.8 Å². The number of rotatable bonds is 3. The van der Waals surface area contributed by atoms with Crippen LogP contribution < -0.4 is 0 Å². The third-order valence-corrected chi connectivity index (χ3v) is 6.67. The largest absolute Gasteiger partial charge is 0.392 e. The van der Waals surface area contributed by atoms with E-state index < -0.39 is 22.4 Å². The molecule has 21 heavy (non-hydrogen) atoms. The maximum atomic E-state index is 13.4. The van der Waals surface area contributed by atoms with E-state index in [4.69, 9.17) is 5.11 Å². The van der Waals surface area contributed by atoms with Crippen LogP contribution in [0.5, 0.6) is 0 Å². The van der Waals surface area contributed by atoms with Gasteiger partial charge in [0.15, 0.2) is 0 Å². The lowest BCUT2D eigenvalue weighted by Gasteiger charge is -2.31. The average Bonchev–Trinajstić information content (AvgIpc) is 2.92. The van der Waals surface area contributed by atoms with Gasteiger partial charge in [0.05, 0.1) is 11.5 Å². The van der Waals surface area contributed by atoms with Crippen molar-refractivity contribution in [2.45, 2.75) is 49.6 Å². The molecule has 0 radical (unpaired) electrons. The Labute approximate surface area is 124 Å². The monoisotopic (exact) mass is 313 g/mol. The number of hydrogen-bond acceptors (Lipinski definition) is 3. The lowest BCUT2D eigenvalue weighted by atomic mass is 9.86. The number of nitrogens with zero attached hydrogens (tertiary/aromatic N) is 1. The minimum atomic E-state index is -3.60. The van der Waals surface area contributed by atoms with Crippen molar-refractivity contribution in [2.24, 2.45) is 5.92 Å². The molecule has 0 bridgehead atoms. The van der Waals surface area contributed by atoms with Gasteiger partial charge in [-0.1, -0.05) is 12.8 Å². The summed E-state index contributed by atoms with van der Waals surface area (Å²) in [5.74, 6) is -0.111. The van der Waals surface area contributed by atoms with Crippen molar-refractivity contribution in [3.05, 3.63) is 29.6 Å². The molecule has 1 aromatic carbocycles. The van der Waals surface area contributed by atoms with Crippen molar-refractivity contribution < 1.29 is 17.9 Å². The van der Waals surface area contributed by atoms with E-state index in [-0.39, 0.29) is 16.5 Å². The minimum absolute atomic E-state index is 0.0236. The molecule has 1 N–H and O–H groups in total. The van der Waals surface area contributed by atoms with Crippen LogP contribution in [-0.4, -0.2) is 30.4 Å². The van der Waals surface area contributed by atoms with Crippen molar-refractivity contribution in [1.29, 1.82) is 0 Å². The normalized spacial score (nSPS) is 26.8. The second-order valence-electron chi connectivity index (χ2n) is 5.93. The first-order valence-corrected chi connectivity index (χ1v) is 8.89. The molecular formula is C15H20FNO3S. The Kier molecular flexibility index (Phi) is 4.03. The molecule has 0 spiro atoms. The quantitative estimate of drug-likeness (QED) is 0.931. The Morgan fingerprint density at radius 1 is 1.24 bits per heavy atom. The van der Waals surface area contributed by atoms with Crippen LogP contribution in [0.3, 0.4) is 0 Å². The fourth-order valence-electron chi connectivity index (χ4n) is 3.63. The highest BCUT2D eigenvalue weighted by atomic mass is 32.2. The molecule has 1 aromatic rings. The van der Waals surface area contributed by atoms with E-state index in [1.807, 2.05) is 0 Å². The summed E-state index contributed by atoms with van der Waals surface area (Å²) in [6.07, 6.45) is 5.18. The van der Waals surface area contributed by atoms with Gasteiger partial charge in [-0.3, -0.25) is 0 Å². The Balaban J connectivity index is 1.93. The number of benzene rings is 1. The van der Waals surface area contributed by atoms with Gasteiger partial charge in [0.1, 0.15) is 5.82 Å². The standard InChI is InChI=1S/C15H20FNO3S/c16-14-6-5-13(9-12(14)10-18)21(19,20)17-8-7-11-3-1-2-4-15(11)17/h5-6,9,11,15,18H,1-4,7-8,10H2. The predicted octanol–water partition coefficient (Wildman–Crippen LogP) is 2.27. The van der Waals surface area contributed by atoms with Crippen molar-refractivity contribution in [3.8, 4) is 0 Å². The first-order valence-electron chi connectivity index (χ1n) is 7.45. The maximum Gasteiger partial charge on any atom is 0.243 e. The molecule has 1 saturated heterocycles. The first-order chi connectivity index (χ1) is 10.0. The van der Waals surface area contributed by atoms with Gasteiger partial charge in [0.25, 0.3) is 0 Å². The summed E-state index contributed by atoms with van der Waals surface area (Å²) >= 11 is 0. The molecular weight excluding hydrogens is 293 g/mol. The van der Waals surface area contributed by atoms with Gasteiger partial charge < -0.3 is 5.11 Å². The molecule has 116 valence electrons. The molecule has 4 nitrogen and oxygen atoms in total. The minimum Gasteiger partial charge on any atom is -0.392 e. The van der Waals surface area contributed by atoms with Gasteiger partial charge in [0, 0.05) is 18.2 Å². The Morgan fingerprint density at radius 3 is 2.76 bits per heavy atom. The first kappa shape index (κ1) is 14.9. The highest BCUT2D eigenvalue weighted by molar-refractivity contribution is 7.89. The summed E-state index contributed by atoms with van der Waals surface area (Å²) in [5, 5.41) is 9.11.